The molecular formula is C30H26FN5O3. The van der Waals surface area contributed by atoms with Gasteiger partial charge in [0.2, 0.25) is 11.7 Å². The SMILES string of the molecule is Cc1ncc(C(=O)N[C@H]2[C@H](c3ccccc3)N(c3ccc4c(cnn4-c4ccc(F)cc4)c3)C(=O)C2(C)C)o1. The molecule has 6 rings (SSSR count). The molecule has 1 saturated heterocycles. The minimum absolute atomic E-state index is 0.0932. The molecule has 2 amide bonds. The van der Waals surface area contributed by atoms with E-state index in [9.17, 15) is 14.0 Å². The van der Waals surface area contributed by atoms with Crippen molar-refractivity contribution in [3.8, 4) is 5.69 Å². The van der Waals surface area contributed by atoms with Gasteiger partial charge >= 0.3 is 0 Å². The Bertz CT molecular complexity index is 1690. The van der Waals surface area contributed by atoms with E-state index in [1.54, 1.807) is 34.8 Å². The number of anilines is 1. The normalized spacial score (nSPS) is 18.6. The fourth-order valence-corrected chi connectivity index (χ4v) is 5.28. The molecule has 3 heterocycles. The molecule has 1 N–H and O–H groups in total. The Labute approximate surface area is 224 Å². The van der Waals surface area contributed by atoms with Crippen LogP contribution in [0.15, 0.2) is 89.6 Å². The van der Waals surface area contributed by atoms with Crippen LogP contribution >= 0.6 is 0 Å². The van der Waals surface area contributed by atoms with Crippen LogP contribution in [0.5, 0.6) is 0 Å². The fourth-order valence-electron chi connectivity index (χ4n) is 5.28. The smallest absolute Gasteiger partial charge is 0.289 e. The predicted molar refractivity (Wildman–Crippen MR) is 144 cm³/mol. The second-order valence-corrected chi connectivity index (χ2v) is 10.2. The Morgan fingerprint density at radius 2 is 1.72 bits per heavy atom. The van der Waals surface area contributed by atoms with Gasteiger partial charge in [0, 0.05) is 18.0 Å². The zero-order valence-corrected chi connectivity index (χ0v) is 21.6. The third kappa shape index (κ3) is 4.16. The van der Waals surface area contributed by atoms with Crippen LogP contribution in [0.25, 0.3) is 16.6 Å². The monoisotopic (exact) mass is 523 g/mol. The molecule has 0 spiro atoms. The van der Waals surface area contributed by atoms with Crippen LogP contribution in [0.1, 0.15) is 41.9 Å². The standard InChI is InChI=1S/C30H26FN5O3/c1-18-32-17-25(39-18)28(37)34-27-26(19-7-5-4-6-8-19)35(29(38)30(27,2)3)23-13-14-24-20(15-23)16-33-36(24)22-11-9-21(31)10-12-22/h4-17,26-27H,1-3H3,(H,34,37)/t26-,27-/m0/s1. The van der Waals surface area contributed by atoms with Crippen molar-refractivity contribution in [1.82, 2.24) is 20.1 Å². The topological polar surface area (TPSA) is 93.3 Å². The predicted octanol–water partition coefficient (Wildman–Crippen LogP) is 5.37. The van der Waals surface area contributed by atoms with Crippen molar-refractivity contribution < 1.29 is 18.4 Å². The maximum absolute atomic E-state index is 14.0. The molecule has 2 aromatic heterocycles. The molecule has 1 fully saturated rings. The van der Waals surface area contributed by atoms with Crippen molar-refractivity contribution in [3.05, 3.63) is 108 Å². The van der Waals surface area contributed by atoms with Crippen molar-refractivity contribution >= 4 is 28.4 Å². The molecule has 1 aliphatic heterocycles. The zero-order valence-electron chi connectivity index (χ0n) is 21.6. The van der Waals surface area contributed by atoms with Gasteiger partial charge in [0.15, 0.2) is 5.89 Å². The van der Waals surface area contributed by atoms with Gasteiger partial charge in [-0.25, -0.2) is 14.1 Å². The van der Waals surface area contributed by atoms with Gasteiger partial charge in [-0.05, 0) is 61.9 Å². The first-order valence-electron chi connectivity index (χ1n) is 12.6. The van der Waals surface area contributed by atoms with E-state index in [1.165, 1.54) is 18.3 Å². The van der Waals surface area contributed by atoms with Gasteiger partial charge in [-0.3, -0.25) is 9.59 Å². The number of aromatic nitrogens is 3. The summed E-state index contributed by atoms with van der Waals surface area (Å²) in [4.78, 5) is 33.0. The van der Waals surface area contributed by atoms with Crippen molar-refractivity contribution in [2.45, 2.75) is 32.9 Å². The van der Waals surface area contributed by atoms with Crippen LogP contribution in [0.2, 0.25) is 0 Å². The fraction of sp³-hybridized carbons (Fsp3) is 0.200. The number of carbonyl (C=O) groups excluding carboxylic acids is 2. The molecule has 0 saturated carbocycles. The van der Waals surface area contributed by atoms with Gasteiger partial charge in [0.05, 0.1) is 41.1 Å². The lowest BCUT2D eigenvalue weighted by Gasteiger charge is -2.30. The minimum Gasteiger partial charge on any atom is -0.436 e. The number of rotatable bonds is 5. The molecule has 0 unspecified atom stereocenters. The third-order valence-electron chi connectivity index (χ3n) is 7.32. The number of fused-ring (bicyclic) bond motifs is 1. The molecule has 5 aromatic rings. The van der Waals surface area contributed by atoms with Crippen molar-refractivity contribution in [2.24, 2.45) is 5.41 Å². The molecule has 0 aliphatic carbocycles. The maximum Gasteiger partial charge on any atom is 0.289 e. The summed E-state index contributed by atoms with van der Waals surface area (Å²) in [7, 11) is 0. The Morgan fingerprint density at radius 3 is 2.41 bits per heavy atom. The average molecular weight is 524 g/mol. The summed E-state index contributed by atoms with van der Waals surface area (Å²) in [6, 6.07) is 20.4. The second-order valence-electron chi connectivity index (χ2n) is 10.2. The molecule has 196 valence electrons. The van der Waals surface area contributed by atoms with E-state index in [4.69, 9.17) is 4.42 Å². The van der Waals surface area contributed by atoms with Gasteiger partial charge in [0.25, 0.3) is 5.91 Å². The average Bonchev–Trinajstić information content (AvgIpc) is 3.61. The summed E-state index contributed by atoms with van der Waals surface area (Å²) in [5.74, 6) is -0.395. The van der Waals surface area contributed by atoms with Crippen molar-refractivity contribution in [2.75, 3.05) is 4.90 Å². The molecule has 1 aliphatic rings. The Kier molecular flexibility index (Phi) is 5.79. The molecule has 0 bridgehead atoms. The number of aryl methyl sites for hydroxylation is 1. The second kappa shape index (κ2) is 9.20. The van der Waals surface area contributed by atoms with Crippen LogP contribution in [-0.2, 0) is 4.79 Å². The highest BCUT2D eigenvalue weighted by molar-refractivity contribution is 6.04. The zero-order chi connectivity index (χ0) is 27.3. The molecule has 8 nitrogen and oxygen atoms in total. The number of hydrogen-bond donors (Lipinski definition) is 1. The van der Waals surface area contributed by atoms with E-state index in [2.05, 4.69) is 15.4 Å². The lowest BCUT2D eigenvalue weighted by Crippen LogP contribution is -2.46. The quantitative estimate of drug-likeness (QED) is 0.334. The van der Waals surface area contributed by atoms with Crippen molar-refractivity contribution in [1.29, 1.82) is 0 Å². The highest BCUT2D eigenvalue weighted by atomic mass is 19.1. The first-order valence-corrected chi connectivity index (χ1v) is 12.6. The van der Waals surface area contributed by atoms with Crippen LogP contribution in [0, 0.1) is 18.2 Å². The first-order chi connectivity index (χ1) is 18.7. The number of amides is 2. The van der Waals surface area contributed by atoms with Crippen LogP contribution in [0.4, 0.5) is 10.1 Å². The number of halogens is 1. The van der Waals surface area contributed by atoms with E-state index in [0.29, 0.717) is 11.6 Å². The van der Waals surface area contributed by atoms with E-state index >= 15 is 0 Å². The summed E-state index contributed by atoms with van der Waals surface area (Å²) in [5, 5.41) is 8.38. The van der Waals surface area contributed by atoms with Gasteiger partial charge in [0.1, 0.15) is 5.82 Å². The van der Waals surface area contributed by atoms with E-state index in [-0.39, 0.29) is 17.5 Å². The van der Waals surface area contributed by atoms with E-state index < -0.39 is 23.4 Å². The van der Waals surface area contributed by atoms with Gasteiger partial charge in [-0.1, -0.05) is 30.3 Å². The number of hydrogen-bond acceptors (Lipinski definition) is 5. The number of oxazole rings is 1. The molecule has 2 atom stereocenters. The van der Waals surface area contributed by atoms with Crippen LogP contribution in [0.3, 0.4) is 0 Å². The lowest BCUT2D eigenvalue weighted by molar-refractivity contribution is -0.124. The Morgan fingerprint density at radius 1 is 1.00 bits per heavy atom. The van der Waals surface area contributed by atoms with E-state index in [1.807, 2.05) is 62.4 Å². The Hall–Kier alpha value is -4.79. The summed E-state index contributed by atoms with van der Waals surface area (Å²) in [5.41, 5.74) is 2.18. The highest BCUT2D eigenvalue weighted by Crippen LogP contribution is 2.47. The van der Waals surface area contributed by atoms with Gasteiger partial charge in [-0.15, -0.1) is 0 Å². The summed E-state index contributed by atoms with van der Waals surface area (Å²) in [6.07, 6.45) is 3.10. The summed E-state index contributed by atoms with van der Waals surface area (Å²) < 4.78 is 20.6. The van der Waals surface area contributed by atoms with Crippen LogP contribution in [-0.4, -0.2) is 32.6 Å². The van der Waals surface area contributed by atoms with Crippen LogP contribution < -0.4 is 10.2 Å². The Balaban J connectivity index is 1.42. The lowest BCUT2D eigenvalue weighted by atomic mass is 9.82. The first kappa shape index (κ1) is 24.5. The minimum atomic E-state index is -0.932. The van der Waals surface area contributed by atoms with Gasteiger partial charge in [-0.2, -0.15) is 5.10 Å². The largest absolute Gasteiger partial charge is 0.436 e. The number of nitrogens with one attached hydrogen (secondary N) is 1. The number of benzene rings is 3. The van der Waals surface area contributed by atoms with Crippen molar-refractivity contribution in [3.63, 3.8) is 0 Å². The molecule has 3 aromatic carbocycles. The molecule has 9 heteroatoms. The van der Waals surface area contributed by atoms with Gasteiger partial charge < -0.3 is 14.6 Å². The summed E-state index contributed by atoms with van der Waals surface area (Å²) >= 11 is 0. The third-order valence-corrected chi connectivity index (χ3v) is 7.32. The molecule has 0 radical (unpaired) electrons. The number of nitrogens with zero attached hydrogens (tertiary/aromatic N) is 4. The maximum atomic E-state index is 14.0. The van der Waals surface area contributed by atoms with E-state index in [0.717, 1.165) is 22.2 Å². The molecular weight excluding hydrogens is 497 g/mol. The molecule has 39 heavy (non-hydrogen) atoms. The number of carbonyl (C=O) groups is 2. The highest BCUT2D eigenvalue weighted by Gasteiger charge is 2.55. The summed E-state index contributed by atoms with van der Waals surface area (Å²) in [6.45, 7) is 5.35.